The van der Waals surface area contributed by atoms with Gasteiger partial charge in [0, 0.05) is 47.9 Å². The maximum Gasteiger partial charge on any atom is 0.274 e. The maximum absolute atomic E-state index is 15.4. The molecular formula is C32H34F3N7O6S. The SMILES string of the molecule is COc1ncc(-c2nc(N3CCOCC3)nc3c(CN4CCC(c5c(F)cc(C(=O)NO)cc5F)CC4)cc(F)cc23)cc1NS(C)(=O)=O. The fourth-order valence-electron chi connectivity index (χ4n) is 6.31. The van der Waals surface area contributed by atoms with E-state index in [1.807, 2.05) is 9.80 Å². The molecule has 4 heterocycles. The van der Waals surface area contributed by atoms with Crippen LogP contribution in [0.1, 0.15) is 40.2 Å². The molecule has 2 aliphatic rings. The number of ether oxygens (including phenoxy) is 2. The highest BCUT2D eigenvalue weighted by atomic mass is 32.2. The number of nitrogens with one attached hydrogen (secondary N) is 2. The Kier molecular flexibility index (Phi) is 9.87. The summed E-state index contributed by atoms with van der Waals surface area (Å²) in [6.45, 7) is 3.14. The maximum atomic E-state index is 15.4. The zero-order valence-electron chi connectivity index (χ0n) is 26.7. The highest BCUT2D eigenvalue weighted by molar-refractivity contribution is 7.92. The summed E-state index contributed by atoms with van der Waals surface area (Å²) in [5, 5.41) is 9.21. The Morgan fingerprint density at radius 3 is 2.37 bits per heavy atom. The first kappa shape index (κ1) is 34.3. The van der Waals surface area contributed by atoms with Gasteiger partial charge in [-0.3, -0.25) is 19.6 Å². The van der Waals surface area contributed by atoms with Crippen molar-refractivity contribution in [3.8, 4) is 17.1 Å². The van der Waals surface area contributed by atoms with Crippen molar-refractivity contribution in [3.05, 3.63) is 70.7 Å². The summed E-state index contributed by atoms with van der Waals surface area (Å²) in [5.74, 6) is -3.30. The molecule has 260 valence electrons. The fraction of sp³-hybridized carbons (Fsp3) is 0.375. The lowest BCUT2D eigenvalue weighted by atomic mass is 9.87. The van der Waals surface area contributed by atoms with Crippen LogP contribution >= 0.6 is 0 Å². The Hall–Kier alpha value is -4.58. The normalized spacial score (nSPS) is 16.2. The zero-order chi connectivity index (χ0) is 34.9. The van der Waals surface area contributed by atoms with Crippen LogP contribution in [-0.4, -0.2) is 92.1 Å². The average Bonchev–Trinajstić information content (AvgIpc) is 3.07. The quantitative estimate of drug-likeness (QED) is 0.172. The Bertz CT molecular complexity index is 1980. The van der Waals surface area contributed by atoms with Crippen molar-refractivity contribution in [1.82, 2.24) is 25.3 Å². The van der Waals surface area contributed by atoms with E-state index in [4.69, 9.17) is 24.6 Å². The van der Waals surface area contributed by atoms with Gasteiger partial charge in [0.1, 0.15) is 23.1 Å². The number of amides is 1. The molecular weight excluding hydrogens is 667 g/mol. The molecule has 2 aromatic heterocycles. The zero-order valence-corrected chi connectivity index (χ0v) is 27.5. The number of benzene rings is 2. The third-order valence-corrected chi connectivity index (χ3v) is 9.16. The van der Waals surface area contributed by atoms with Crippen LogP contribution in [0.4, 0.5) is 24.8 Å². The number of nitrogens with zero attached hydrogens (tertiary/aromatic N) is 5. The van der Waals surface area contributed by atoms with Crippen LogP contribution in [0.15, 0.2) is 36.5 Å². The summed E-state index contributed by atoms with van der Waals surface area (Å²) in [7, 11) is -2.34. The lowest BCUT2D eigenvalue weighted by Crippen LogP contribution is -2.37. The molecule has 2 saturated heterocycles. The van der Waals surface area contributed by atoms with Crippen molar-refractivity contribution >= 4 is 38.5 Å². The topological polar surface area (TPSA) is 159 Å². The number of halogens is 3. The van der Waals surface area contributed by atoms with Crippen molar-refractivity contribution in [2.24, 2.45) is 0 Å². The van der Waals surface area contributed by atoms with E-state index in [1.54, 1.807) is 0 Å². The minimum Gasteiger partial charge on any atom is -0.480 e. The Labute approximate surface area is 280 Å². The van der Waals surface area contributed by atoms with Gasteiger partial charge in [-0.1, -0.05) is 0 Å². The minimum atomic E-state index is -3.70. The molecule has 4 aromatic rings. The second kappa shape index (κ2) is 14.1. The van der Waals surface area contributed by atoms with Gasteiger partial charge in [-0.05, 0) is 67.7 Å². The number of aromatic nitrogens is 3. The van der Waals surface area contributed by atoms with Crippen LogP contribution in [0.25, 0.3) is 22.2 Å². The highest BCUT2D eigenvalue weighted by Crippen LogP contribution is 2.37. The fourth-order valence-corrected chi connectivity index (χ4v) is 6.85. The number of hydroxylamine groups is 1. The number of likely N-dealkylation sites (tertiary alicyclic amines) is 1. The molecule has 2 aromatic carbocycles. The molecule has 2 fully saturated rings. The molecule has 1 amide bonds. The number of sulfonamides is 1. The van der Waals surface area contributed by atoms with E-state index in [0.717, 1.165) is 18.4 Å². The summed E-state index contributed by atoms with van der Waals surface area (Å²) in [4.78, 5) is 29.6. The Morgan fingerprint density at radius 2 is 1.73 bits per heavy atom. The van der Waals surface area contributed by atoms with E-state index < -0.39 is 39.3 Å². The second-order valence-corrected chi connectivity index (χ2v) is 13.7. The molecule has 13 nitrogen and oxygen atoms in total. The summed E-state index contributed by atoms with van der Waals surface area (Å²) in [5.41, 5.74) is 2.80. The van der Waals surface area contributed by atoms with Gasteiger partial charge in [0.05, 0.1) is 37.8 Å². The Morgan fingerprint density at radius 1 is 1.04 bits per heavy atom. The highest BCUT2D eigenvalue weighted by Gasteiger charge is 2.28. The van der Waals surface area contributed by atoms with Gasteiger partial charge in [-0.25, -0.2) is 42.0 Å². The lowest BCUT2D eigenvalue weighted by molar-refractivity contribution is 0.0705. The summed E-state index contributed by atoms with van der Waals surface area (Å²) in [6, 6.07) is 6.05. The predicted octanol–water partition coefficient (Wildman–Crippen LogP) is 3.82. The largest absolute Gasteiger partial charge is 0.480 e. The van der Waals surface area contributed by atoms with E-state index in [-0.39, 0.29) is 29.2 Å². The number of methoxy groups -OCH3 is 1. The van der Waals surface area contributed by atoms with Gasteiger partial charge in [0.25, 0.3) is 5.91 Å². The molecule has 3 N–H and O–H groups in total. The number of rotatable bonds is 9. The molecule has 2 aliphatic heterocycles. The van der Waals surface area contributed by atoms with Gasteiger partial charge in [0.2, 0.25) is 21.9 Å². The second-order valence-electron chi connectivity index (χ2n) is 11.9. The number of carbonyl (C=O) groups is 1. The smallest absolute Gasteiger partial charge is 0.274 e. The Balaban J connectivity index is 1.35. The van der Waals surface area contributed by atoms with Gasteiger partial charge < -0.3 is 14.4 Å². The molecule has 17 heteroatoms. The third-order valence-electron chi connectivity index (χ3n) is 8.57. The van der Waals surface area contributed by atoms with Crippen molar-refractivity contribution in [2.45, 2.75) is 25.3 Å². The molecule has 0 spiro atoms. The predicted molar refractivity (Wildman–Crippen MR) is 174 cm³/mol. The summed E-state index contributed by atoms with van der Waals surface area (Å²) < 4.78 is 82.6. The number of fused-ring (bicyclic) bond motifs is 1. The minimum absolute atomic E-state index is 0.0440. The number of morpholine rings is 1. The van der Waals surface area contributed by atoms with Gasteiger partial charge >= 0.3 is 0 Å². The van der Waals surface area contributed by atoms with Crippen LogP contribution in [0.5, 0.6) is 5.88 Å². The molecule has 6 rings (SSSR count). The standard InChI is InChI=1S/C32H34F3N7O6S/c1-47-31-26(40-49(2,45)46)14-20(16-36-31)28-23-15-22(33)11-21(29(23)38-32(37-28)42-7-9-48-10-8-42)17-41-5-3-18(4-6-41)27-24(34)12-19(13-25(27)35)30(43)39-44/h11-16,18,40,44H,3-10,17H2,1-2H3,(H,39,43). The number of hydrogen-bond donors (Lipinski definition) is 3. The van der Waals surface area contributed by atoms with Gasteiger partial charge in [-0.15, -0.1) is 0 Å². The first-order valence-electron chi connectivity index (χ1n) is 15.4. The van der Waals surface area contributed by atoms with Gasteiger partial charge in [0.15, 0.2) is 0 Å². The molecule has 0 bridgehead atoms. The molecule has 0 radical (unpaired) electrons. The van der Waals surface area contributed by atoms with Gasteiger partial charge in [-0.2, -0.15) is 0 Å². The van der Waals surface area contributed by atoms with E-state index in [1.165, 1.54) is 37.0 Å². The number of pyridine rings is 1. The van der Waals surface area contributed by atoms with E-state index in [0.29, 0.717) is 85.9 Å². The first-order valence-corrected chi connectivity index (χ1v) is 17.3. The molecule has 0 atom stereocenters. The van der Waals surface area contributed by atoms with Crippen LogP contribution < -0.4 is 19.8 Å². The van der Waals surface area contributed by atoms with E-state index >= 15 is 4.39 Å². The summed E-state index contributed by atoms with van der Waals surface area (Å²) in [6.07, 6.45) is 3.27. The molecule has 49 heavy (non-hydrogen) atoms. The van der Waals surface area contributed by atoms with Crippen molar-refractivity contribution in [3.63, 3.8) is 0 Å². The van der Waals surface area contributed by atoms with Crippen LogP contribution in [-0.2, 0) is 21.3 Å². The molecule has 0 unspecified atom stereocenters. The monoisotopic (exact) mass is 701 g/mol. The lowest BCUT2D eigenvalue weighted by Gasteiger charge is -2.33. The third kappa shape index (κ3) is 7.54. The number of anilines is 2. The van der Waals surface area contributed by atoms with Crippen molar-refractivity contribution in [2.75, 3.05) is 62.4 Å². The van der Waals surface area contributed by atoms with Crippen molar-refractivity contribution in [1.29, 1.82) is 0 Å². The van der Waals surface area contributed by atoms with E-state index in [9.17, 15) is 22.0 Å². The van der Waals surface area contributed by atoms with Crippen LogP contribution in [0, 0.1) is 17.5 Å². The van der Waals surface area contributed by atoms with Crippen LogP contribution in [0.3, 0.4) is 0 Å². The van der Waals surface area contributed by atoms with E-state index in [2.05, 4.69) is 9.71 Å². The first-order chi connectivity index (χ1) is 23.4. The van der Waals surface area contributed by atoms with Crippen molar-refractivity contribution < 1.29 is 41.1 Å². The number of hydrogen-bond acceptors (Lipinski definition) is 11. The number of carbonyl (C=O) groups excluding carboxylic acids is 1. The molecule has 0 saturated carbocycles. The number of piperidine rings is 1. The average molecular weight is 702 g/mol. The van der Waals surface area contributed by atoms with Crippen LogP contribution in [0.2, 0.25) is 0 Å². The summed E-state index contributed by atoms with van der Waals surface area (Å²) >= 11 is 0. The molecule has 0 aliphatic carbocycles.